The zero-order valence-corrected chi connectivity index (χ0v) is 15.4. The van der Waals surface area contributed by atoms with Gasteiger partial charge in [-0.3, -0.25) is 15.0 Å². The predicted molar refractivity (Wildman–Crippen MR) is 104 cm³/mol. The Morgan fingerprint density at radius 1 is 1.35 bits per heavy atom. The van der Waals surface area contributed by atoms with Gasteiger partial charge in [-0.2, -0.15) is 0 Å². The van der Waals surface area contributed by atoms with E-state index in [-0.39, 0.29) is 11.7 Å². The number of fused-ring (bicyclic) bond motifs is 4. The molecule has 2 aliphatic rings. The largest absolute Gasteiger partial charge is 0.467 e. The number of non-ortho nitro benzene ring substituents is 1. The van der Waals surface area contributed by atoms with Crippen LogP contribution < -0.4 is 15.0 Å². The van der Waals surface area contributed by atoms with Crippen molar-refractivity contribution in [1.29, 1.82) is 0 Å². The van der Waals surface area contributed by atoms with Gasteiger partial charge in [0.2, 0.25) is 0 Å². The first-order valence-electron chi connectivity index (χ1n) is 8.58. The van der Waals surface area contributed by atoms with Crippen molar-refractivity contribution in [3.8, 4) is 5.75 Å². The quantitative estimate of drug-likeness (QED) is 0.499. The Labute approximate surface area is 156 Å². The average molecular weight is 369 g/mol. The Morgan fingerprint density at radius 2 is 2.08 bits per heavy atom. The van der Waals surface area contributed by atoms with Gasteiger partial charge in [0, 0.05) is 29.8 Å². The zero-order chi connectivity index (χ0) is 18.5. The molecule has 0 radical (unpaired) electrons. The van der Waals surface area contributed by atoms with E-state index < -0.39 is 10.6 Å². The minimum absolute atomic E-state index is 0.0567. The number of anilines is 1. The predicted octanol–water partition coefficient (Wildman–Crippen LogP) is 4.09. The number of nitro benzene ring substituents is 1. The first-order valence-corrected chi connectivity index (χ1v) is 8.99. The maximum atomic E-state index is 11.1. The van der Waals surface area contributed by atoms with E-state index in [0.717, 1.165) is 17.7 Å². The van der Waals surface area contributed by atoms with Crippen molar-refractivity contribution in [2.24, 2.45) is 0 Å². The van der Waals surface area contributed by atoms with Gasteiger partial charge in [0.25, 0.3) is 5.69 Å². The van der Waals surface area contributed by atoms with Crippen LogP contribution in [0.15, 0.2) is 42.5 Å². The molecule has 1 fully saturated rings. The lowest BCUT2D eigenvalue weighted by atomic mass is 9.90. The van der Waals surface area contributed by atoms with Crippen molar-refractivity contribution in [3.63, 3.8) is 0 Å². The Kier molecular flexibility index (Phi) is 3.84. The van der Waals surface area contributed by atoms with Gasteiger partial charge in [0.1, 0.15) is 5.75 Å². The van der Waals surface area contributed by atoms with Crippen LogP contribution in [0.4, 0.5) is 11.4 Å². The molecule has 2 aliphatic heterocycles. The van der Waals surface area contributed by atoms with E-state index in [1.165, 1.54) is 11.6 Å². The number of nitrogens with one attached hydrogen (secondary N) is 1. The summed E-state index contributed by atoms with van der Waals surface area (Å²) >= 11 is 5.61. The zero-order valence-electron chi connectivity index (χ0n) is 14.6. The SMILES string of the molecule is CCc1ccc(N2C(=S)N[C@H]3C[C@]2(C)Oc2ccc([N+](=O)[O-])cc23)cc1. The summed E-state index contributed by atoms with van der Waals surface area (Å²) in [6, 6.07) is 12.9. The summed E-state index contributed by atoms with van der Waals surface area (Å²) in [6.07, 6.45) is 1.61. The Bertz CT molecular complexity index is 899. The smallest absolute Gasteiger partial charge is 0.270 e. The van der Waals surface area contributed by atoms with Crippen molar-refractivity contribution in [2.75, 3.05) is 4.90 Å². The molecule has 7 heteroatoms. The van der Waals surface area contributed by atoms with Crippen molar-refractivity contribution < 1.29 is 9.66 Å². The highest BCUT2D eigenvalue weighted by Crippen LogP contribution is 2.46. The Morgan fingerprint density at radius 3 is 2.73 bits per heavy atom. The van der Waals surface area contributed by atoms with Crippen LogP contribution in [0.25, 0.3) is 0 Å². The summed E-state index contributed by atoms with van der Waals surface area (Å²) in [7, 11) is 0. The van der Waals surface area contributed by atoms with Crippen LogP contribution in [-0.4, -0.2) is 15.8 Å². The standard InChI is InChI=1S/C19H19N3O3S/c1-3-12-4-6-13(7-5-12)21-18(26)20-16-11-19(21,2)25-17-9-8-14(22(23)24)10-15(16)17/h4-10,16H,3,11H2,1-2H3,(H,20,26)/t16-,19-/m0/s1. The summed E-state index contributed by atoms with van der Waals surface area (Å²) in [6.45, 7) is 4.12. The summed E-state index contributed by atoms with van der Waals surface area (Å²) in [4.78, 5) is 12.7. The third-order valence-corrected chi connectivity index (χ3v) is 5.37. The third-order valence-electron chi connectivity index (χ3n) is 5.07. The van der Waals surface area contributed by atoms with E-state index in [1.54, 1.807) is 12.1 Å². The normalized spacial score (nSPS) is 23.7. The molecule has 2 aromatic carbocycles. The average Bonchev–Trinajstić information content (AvgIpc) is 2.61. The molecule has 0 unspecified atom stereocenters. The molecule has 0 aromatic heterocycles. The molecule has 2 aromatic rings. The van der Waals surface area contributed by atoms with Crippen LogP contribution in [0.1, 0.15) is 37.4 Å². The van der Waals surface area contributed by atoms with E-state index in [0.29, 0.717) is 17.3 Å². The number of nitro groups is 1. The lowest BCUT2D eigenvalue weighted by Gasteiger charge is -2.52. The van der Waals surface area contributed by atoms with Gasteiger partial charge in [-0.15, -0.1) is 0 Å². The van der Waals surface area contributed by atoms with Crippen molar-refractivity contribution in [2.45, 2.75) is 38.5 Å². The summed E-state index contributed by atoms with van der Waals surface area (Å²) in [5.74, 6) is 0.652. The molecular formula is C19H19N3O3S. The molecule has 0 aliphatic carbocycles. The van der Waals surface area contributed by atoms with Gasteiger partial charge in [-0.05, 0) is 49.3 Å². The summed E-state index contributed by atoms with van der Waals surface area (Å²) < 4.78 is 6.29. The van der Waals surface area contributed by atoms with Gasteiger partial charge < -0.3 is 10.1 Å². The third kappa shape index (κ3) is 2.59. The van der Waals surface area contributed by atoms with E-state index in [4.69, 9.17) is 17.0 Å². The van der Waals surface area contributed by atoms with Crippen LogP contribution in [0.2, 0.25) is 0 Å². The maximum absolute atomic E-state index is 11.1. The molecule has 6 nitrogen and oxygen atoms in total. The Balaban J connectivity index is 1.74. The first-order chi connectivity index (χ1) is 12.4. The highest BCUT2D eigenvalue weighted by Gasteiger charge is 2.48. The van der Waals surface area contributed by atoms with Gasteiger partial charge in [0.05, 0.1) is 11.0 Å². The van der Waals surface area contributed by atoms with E-state index in [1.807, 2.05) is 24.0 Å². The van der Waals surface area contributed by atoms with Crippen molar-refractivity contribution >= 4 is 28.7 Å². The highest BCUT2D eigenvalue weighted by atomic mass is 32.1. The van der Waals surface area contributed by atoms with E-state index >= 15 is 0 Å². The molecule has 0 spiro atoms. The lowest BCUT2D eigenvalue weighted by Crippen LogP contribution is -2.65. The number of aryl methyl sites for hydroxylation is 1. The minimum atomic E-state index is -0.649. The minimum Gasteiger partial charge on any atom is -0.467 e. The second-order valence-corrected chi connectivity index (χ2v) is 7.20. The first kappa shape index (κ1) is 16.8. The number of hydrogen-bond acceptors (Lipinski definition) is 4. The molecule has 1 saturated heterocycles. The van der Waals surface area contributed by atoms with E-state index in [9.17, 15) is 10.1 Å². The fraction of sp³-hybridized carbons (Fsp3) is 0.316. The van der Waals surface area contributed by atoms with Gasteiger partial charge in [0.15, 0.2) is 10.8 Å². The number of nitrogens with zero attached hydrogens (tertiary/aromatic N) is 2. The fourth-order valence-electron chi connectivity index (χ4n) is 3.75. The number of benzene rings is 2. The van der Waals surface area contributed by atoms with Crippen LogP contribution in [0.5, 0.6) is 5.75 Å². The molecule has 0 amide bonds. The number of thiocarbonyl (C=S) groups is 1. The Hall–Kier alpha value is -2.67. The monoisotopic (exact) mass is 369 g/mol. The molecule has 2 heterocycles. The molecular weight excluding hydrogens is 350 g/mol. The fourth-order valence-corrected chi connectivity index (χ4v) is 4.19. The molecule has 1 N–H and O–H groups in total. The van der Waals surface area contributed by atoms with Crippen LogP contribution >= 0.6 is 12.2 Å². The molecule has 134 valence electrons. The van der Waals surface area contributed by atoms with Gasteiger partial charge in [-0.25, -0.2) is 0 Å². The topological polar surface area (TPSA) is 67.6 Å². The second kappa shape index (κ2) is 5.95. The van der Waals surface area contributed by atoms with E-state index in [2.05, 4.69) is 24.4 Å². The van der Waals surface area contributed by atoms with Crippen molar-refractivity contribution in [1.82, 2.24) is 5.32 Å². The van der Waals surface area contributed by atoms with Gasteiger partial charge >= 0.3 is 0 Å². The number of hydrogen-bond donors (Lipinski definition) is 1. The second-order valence-electron chi connectivity index (χ2n) is 6.82. The van der Waals surface area contributed by atoms with Crippen LogP contribution in [0, 0.1) is 10.1 Å². The lowest BCUT2D eigenvalue weighted by molar-refractivity contribution is -0.385. The molecule has 2 bridgehead atoms. The van der Waals surface area contributed by atoms with Crippen molar-refractivity contribution in [3.05, 3.63) is 63.7 Å². The maximum Gasteiger partial charge on any atom is 0.270 e. The van der Waals surface area contributed by atoms with Crippen LogP contribution in [0.3, 0.4) is 0 Å². The molecule has 4 rings (SSSR count). The highest BCUT2D eigenvalue weighted by molar-refractivity contribution is 7.80. The van der Waals surface area contributed by atoms with Crippen LogP contribution in [-0.2, 0) is 6.42 Å². The molecule has 0 saturated carbocycles. The summed E-state index contributed by atoms with van der Waals surface area (Å²) in [5.41, 5.74) is 2.41. The summed E-state index contributed by atoms with van der Waals surface area (Å²) in [5, 5.41) is 15.0. The molecule has 2 atom stereocenters. The number of rotatable bonds is 3. The number of ether oxygens (including phenoxy) is 1. The van der Waals surface area contributed by atoms with Gasteiger partial charge in [-0.1, -0.05) is 19.1 Å². The molecule has 26 heavy (non-hydrogen) atoms.